The van der Waals surface area contributed by atoms with E-state index in [1.807, 2.05) is 48.5 Å². The number of aliphatic carboxylic acids is 1. The van der Waals surface area contributed by atoms with Gasteiger partial charge in [-0.2, -0.15) is 0 Å². The average molecular weight is 461 g/mol. The Labute approximate surface area is 188 Å². The van der Waals surface area contributed by atoms with Gasteiger partial charge in [-0.05, 0) is 59.2 Å². The molecule has 0 saturated heterocycles. The second-order valence-corrected chi connectivity index (χ2v) is 8.22. The first-order valence-electron chi connectivity index (χ1n) is 8.95. The number of carboxylic acids is 1. The molecule has 3 aromatic rings. The van der Waals surface area contributed by atoms with Crippen molar-refractivity contribution in [2.45, 2.75) is 4.90 Å². The largest absolute Gasteiger partial charge is 0.504 e. The van der Waals surface area contributed by atoms with Crippen LogP contribution in [0.1, 0.15) is 11.1 Å². The van der Waals surface area contributed by atoms with Crippen molar-refractivity contribution in [1.82, 2.24) is 0 Å². The maximum absolute atomic E-state index is 10.6. The Balaban J connectivity index is 1.77. The van der Waals surface area contributed by atoms with Crippen LogP contribution in [0.3, 0.4) is 0 Å². The fourth-order valence-electron chi connectivity index (χ4n) is 2.73. The van der Waals surface area contributed by atoms with E-state index >= 15 is 0 Å². The van der Waals surface area contributed by atoms with Gasteiger partial charge in [0.25, 0.3) is 0 Å². The van der Waals surface area contributed by atoms with Crippen molar-refractivity contribution < 1.29 is 19.7 Å². The van der Waals surface area contributed by atoms with Crippen LogP contribution in [0.15, 0.2) is 77.7 Å². The third-order valence-electron chi connectivity index (χ3n) is 4.13. The molecule has 154 valence electrons. The fourth-order valence-corrected chi connectivity index (χ4v) is 3.78. The van der Waals surface area contributed by atoms with Gasteiger partial charge in [0.05, 0.1) is 0 Å². The summed E-state index contributed by atoms with van der Waals surface area (Å²) < 4.78 is 5.04. The highest BCUT2D eigenvalue weighted by molar-refractivity contribution is 7.99. The first-order chi connectivity index (χ1) is 14.4. The van der Waals surface area contributed by atoms with Crippen molar-refractivity contribution >= 4 is 46.5 Å². The van der Waals surface area contributed by atoms with Gasteiger partial charge >= 0.3 is 5.97 Å². The number of carbonyl (C=O) groups is 1. The van der Waals surface area contributed by atoms with E-state index in [1.54, 1.807) is 18.2 Å². The van der Waals surface area contributed by atoms with E-state index in [2.05, 4.69) is 6.08 Å². The predicted molar refractivity (Wildman–Crippen MR) is 122 cm³/mol. The summed E-state index contributed by atoms with van der Waals surface area (Å²) in [5.41, 5.74) is 3.10. The Morgan fingerprint density at radius 3 is 2.00 bits per heavy atom. The lowest BCUT2D eigenvalue weighted by atomic mass is 9.98. The van der Waals surface area contributed by atoms with Crippen LogP contribution in [0, 0.1) is 0 Å². The third-order valence-corrected chi connectivity index (χ3v) is 5.55. The highest BCUT2D eigenvalue weighted by Crippen LogP contribution is 2.32. The maximum Gasteiger partial charge on any atom is 0.341 e. The van der Waals surface area contributed by atoms with Gasteiger partial charge in [0.1, 0.15) is 0 Å². The lowest BCUT2D eigenvalue weighted by Gasteiger charge is -2.10. The molecule has 0 heterocycles. The first kappa shape index (κ1) is 22.1. The number of halogens is 2. The van der Waals surface area contributed by atoms with Crippen LogP contribution >= 0.6 is 35.0 Å². The minimum Gasteiger partial charge on any atom is -0.504 e. The summed E-state index contributed by atoms with van der Waals surface area (Å²) in [6.07, 6.45) is 2.10. The van der Waals surface area contributed by atoms with Gasteiger partial charge in [-0.1, -0.05) is 53.5 Å². The van der Waals surface area contributed by atoms with Crippen LogP contribution in [0.2, 0.25) is 10.0 Å². The van der Waals surface area contributed by atoms with Gasteiger partial charge in [0, 0.05) is 20.7 Å². The predicted octanol–water partition coefficient (Wildman–Crippen LogP) is 6.39. The van der Waals surface area contributed by atoms with Crippen molar-refractivity contribution in [2.24, 2.45) is 0 Å². The number of hydrogen-bond donors (Lipinski definition) is 2. The molecule has 30 heavy (non-hydrogen) atoms. The van der Waals surface area contributed by atoms with Crippen molar-refractivity contribution in [3.05, 3.63) is 94.0 Å². The minimum absolute atomic E-state index is 0.0964. The topological polar surface area (TPSA) is 66.8 Å². The fraction of sp³-hybridized carbons (Fsp3) is 0.0870. The second kappa shape index (κ2) is 10.4. The molecule has 0 amide bonds. The zero-order valence-corrected chi connectivity index (χ0v) is 18.0. The molecule has 3 aromatic carbocycles. The van der Waals surface area contributed by atoms with Crippen LogP contribution < -0.4 is 4.74 Å². The van der Waals surface area contributed by atoms with E-state index in [-0.39, 0.29) is 11.5 Å². The van der Waals surface area contributed by atoms with Crippen molar-refractivity contribution in [2.75, 3.05) is 12.4 Å². The molecule has 2 N–H and O–H groups in total. The van der Waals surface area contributed by atoms with Crippen LogP contribution in [0.5, 0.6) is 11.5 Å². The smallest absolute Gasteiger partial charge is 0.341 e. The van der Waals surface area contributed by atoms with Crippen molar-refractivity contribution in [3.63, 3.8) is 0 Å². The molecule has 0 spiro atoms. The molecule has 0 aliphatic carbocycles. The van der Waals surface area contributed by atoms with Gasteiger partial charge in [-0.3, -0.25) is 0 Å². The summed E-state index contributed by atoms with van der Waals surface area (Å²) in [5.74, 6) is -0.411. The standard InChI is InChI=1S/C23H18Cl2O4S/c24-17-5-1-15(2-6-17)20(16-3-7-18(25)8-4-16)11-12-30-19-9-10-22(21(26)13-19)29-14-23(27)28/h1-11,13,26H,12,14H2,(H,27,28). The molecule has 7 heteroatoms. The maximum atomic E-state index is 10.6. The van der Waals surface area contributed by atoms with E-state index in [1.165, 1.54) is 11.8 Å². The molecule has 0 fully saturated rings. The summed E-state index contributed by atoms with van der Waals surface area (Å²) in [6.45, 7) is -0.506. The molecular weight excluding hydrogens is 443 g/mol. The molecule has 0 saturated carbocycles. The summed E-state index contributed by atoms with van der Waals surface area (Å²) in [7, 11) is 0. The summed E-state index contributed by atoms with van der Waals surface area (Å²) >= 11 is 13.6. The number of thioether (sulfide) groups is 1. The summed E-state index contributed by atoms with van der Waals surface area (Å²) in [4.78, 5) is 11.4. The number of aromatic hydroxyl groups is 1. The Kier molecular flexibility index (Phi) is 7.69. The number of carboxylic acid groups (broad SMARTS) is 1. The lowest BCUT2D eigenvalue weighted by molar-refractivity contribution is -0.139. The highest BCUT2D eigenvalue weighted by atomic mass is 35.5. The highest BCUT2D eigenvalue weighted by Gasteiger charge is 2.08. The third kappa shape index (κ3) is 6.20. The molecular formula is C23H18Cl2O4S. The van der Waals surface area contributed by atoms with Crippen LogP contribution in [-0.2, 0) is 4.79 Å². The Bertz CT molecular complexity index is 1000. The molecule has 4 nitrogen and oxygen atoms in total. The number of hydrogen-bond acceptors (Lipinski definition) is 4. The van der Waals surface area contributed by atoms with E-state index < -0.39 is 12.6 Å². The van der Waals surface area contributed by atoms with Crippen LogP contribution in [-0.4, -0.2) is 28.5 Å². The van der Waals surface area contributed by atoms with E-state index in [0.29, 0.717) is 15.8 Å². The van der Waals surface area contributed by atoms with Gasteiger partial charge < -0.3 is 14.9 Å². The zero-order chi connectivity index (χ0) is 21.5. The SMILES string of the molecule is O=C(O)COc1ccc(SCC=C(c2ccc(Cl)cc2)c2ccc(Cl)cc2)cc1O. The Morgan fingerprint density at radius 1 is 0.933 bits per heavy atom. The minimum atomic E-state index is -1.10. The molecule has 0 aliphatic heterocycles. The normalized spacial score (nSPS) is 10.5. The number of phenols is 1. The van der Waals surface area contributed by atoms with Gasteiger partial charge in [0.15, 0.2) is 18.1 Å². The molecule has 0 bridgehead atoms. The molecule has 0 aliphatic rings. The van der Waals surface area contributed by atoms with E-state index in [4.69, 9.17) is 33.0 Å². The number of benzene rings is 3. The van der Waals surface area contributed by atoms with E-state index in [0.717, 1.165) is 21.6 Å². The number of rotatable bonds is 8. The van der Waals surface area contributed by atoms with Gasteiger partial charge in [-0.25, -0.2) is 4.79 Å². The zero-order valence-electron chi connectivity index (χ0n) is 15.7. The molecule has 0 aromatic heterocycles. The van der Waals surface area contributed by atoms with E-state index in [9.17, 15) is 9.90 Å². The molecule has 3 rings (SSSR count). The van der Waals surface area contributed by atoms with Crippen LogP contribution in [0.4, 0.5) is 0 Å². The first-order valence-corrected chi connectivity index (χ1v) is 10.7. The van der Waals surface area contributed by atoms with Crippen LogP contribution in [0.25, 0.3) is 5.57 Å². The van der Waals surface area contributed by atoms with Gasteiger partial charge in [-0.15, -0.1) is 11.8 Å². The molecule has 0 unspecified atom stereocenters. The monoisotopic (exact) mass is 460 g/mol. The summed E-state index contributed by atoms with van der Waals surface area (Å²) in [6, 6.07) is 20.2. The molecule has 0 atom stereocenters. The van der Waals surface area contributed by atoms with Crippen molar-refractivity contribution in [1.29, 1.82) is 0 Å². The second-order valence-electron chi connectivity index (χ2n) is 6.25. The Hall–Kier alpha value is -2.60. The Morgan fingerprint density at radius 2 is 1.50 bits per heavy atom. The average Bonchev–Trinajstić information content (AvgIpc) is 2.72. The van der Waals surface area contributed by atoms with Gasteiger partial charge in [0.2, 0.25) is 0 Å². The number of ether oxygens (including phenoxy) is 1. The number of phenolic OH excluding ortho intramolecular Hbond substituents is 1. The molecule has 0 radical (unpaired) electrons. The quantitative estimate of drug-likeness (QED) is 0.381. The van der Waals surface area contributed by atoms with Crippen molar-refractivity contribution in [3.8, 4) is 11.5 Å². The lowest BCUT2D eigenvalue weighted by Crippen LogP contribution is -2.09. The summed E-state index contributed by atoms with van der Waals surface area (Å²) in [5, 5.41) is 20.1.